The highest BCUT2D eigenvalue weighted by Crippen LogP contribution is 2.83. The van der Waals surface area contributed by atoms with Crippen LogP contribution in [0.25, 0.3) is 0 Å². The van der Waals surface area contributed by atoms with E-state index in [1.165, 1.54) is 0 Å². The van der Waals surface area contributed by atoms with Crippen LogP contribution in [0.5, 0.6) is 0 Å². The van der Waals surface area contributed by atoms with Crippen LogP contribution in [-0.4, -0.2) is 48.0 Å². The molecule has 7 heteroatoms. The Morgan fingerprint density at radius 2 is 1.03 bits per heavy atom. The third-order valence-corrected chi connectivity index (χ3v) is 44.2. The molecule has 2 unspecified atom stereocenters. The molecule has 0 aromatic carbocycles. The molecule has 5 rings (SSSR count). The van der Waals surface area contributed by atoms with Crippen LogP contribution in [0.15, 0.2) is 10.0 Å². The summed E-state index contributed by atoms with van der Waals surface area (Å²) in [6, 6.07) is 0. The lowest BCUT2D eigenvalue weighted by Gasteiger charge is -2.81. The first-order valence-electron chi connectivity index (χ1n) is 14.9. The molecule has 1 heterocycles. The van der Waals surface area contributed by atoms with E-state index in [0.717, 1.165) is 17.8 Å². The Bertz CT molecular complexity index is 869. The van der Waals surface area contributed by atoms with Gasteiger partial charge in [0.1, 0.15) is 0 Å². The molecule has 0 saturated heterocycles. The van der Waals surface area contributed by atoms with Gasteiger partial charge in [-0.15, -0.1) is 0 Å². The summed E-state index contributed by atoms with van der Waals surface area (Å²) < 4.78 is 8.68. The highest BCUT2D eigenvalue weighted by Gasteiger charge is 2.84. The van der Waals surface area contributed by atoms with Gasteiger partial charge >= 0.3 is 0 Å². The van der Waals surface area contributed by atoms with Crippen LogP contribution in [0.4, 0.5) is 0 Å². The molecule has 2 atom stereocenters. The predicted octanol–water partition coefficient (Wildman–Crippen LogP) is 9.64. The van der Waals surface area contributed by atoms with Crippen molar-refractivity contribution in [3.05, 3.63) is 10.0 Å². The molecule has 0 N–H and O–H groups in total. The molecule has 35 heavy (non-hydrogen) atoms. The van der Waals surface area contributed by atoms with E-state index in [1.807, 2.05) is 0 Å². The number of allylic oxidation sites excluding steroid dienone is 1. The molecular weight excluding hydrogens is 521 g/mol. The Labute approximate surface area is 225 Å². The third-order valence-electron chi connectivity index (χ3n) is 10.5. The first-order chi connectivity index (χ1) is 15.4. The van der Waals surface area contributed by atoms with Gasteiger partial charge in [-0.05, 0) is 81.3 Å². The minimum absolute atomic E-state index is 0.480. The molecule has 0 amide bonds. The molecule has 0 aromatic rings. The quantitative estimate of drug-likeness (QED) is 0.272. The summed E-state index contributed by atoms with van der Waals surface area (Å²) in [5.74, 6) is 3.07. The first-order valence-corrected chi connectivity index (χ1v) is 35.2. The van der Waals surface area contributed by atoms with E-state index < -0.39 is 48.0 Å². The lowest BCUT2D eigenvalue weighted by molar-refractivity contribution is -0.0641. The smallest absolute Gasteiger partial charge is 0.196 e. The zero-order valence-corrected chi connectivity index (χ0v) is 32.4. The summed E-state index contributed by atoms with van der Waals surface area (Å²) in [4.78, 5) is 2.10. The van der Waals surface area contributed by atoms with Gasteiger partial charge in [0.2, 0.25) is 0 Å². The van der Waals surface area contributed by atoms with Gasteiger partial charge in [0, 0.05) is 4.66 Å². The summed E-state index contributed by atoms with van der Waals surface area (Å²) in [6.45, 7) is 40.9. The number of hydrogen-bond donors (Lipinski definition) is 0. The van der Waals surface area contributed by atoms with E-state index in [1.54, 1.807) is 38.5 Å². The fraction of sp³-hybridized carbons (Fsp3) is 0.929. The Balaban J connectivity index is 2.21. The second-order valence-corrected chi connectivity index (χ2v) is 53.6. The van der Waals surface area contributed by atoms with Crippen LogP contribution >= 0.6 is 0 Å². The number of hydrogen-bond acceptors (Lipinski definition) is 1. The fourth-order valence-corrected chi connectivity index (χ4v) is 72.8. The van der Waals surface area contributed by atoms with Crippen LogP contribution in [0.1, 0.15) is 38.5 Å². The maximum atomic E-state index is 8.20. The molecular formula is C28H60OSi6. The summed E-state index contributed by atoms with van der Waals surface area (Å²) >= 11 is 0. The molecule has 0 aromatic heterocycles. The highest BCUT2D eigenvalue weighted by atomic mass is 29.3. The number of rotatable bonds is 7. The Morgan fingerprint density at radius 1 is 0.629 bits per heavy atom. The van der Waals surface area contributed by atoms with Gasteiger partial charge in [0.25, 0.3) is 0 Å². The van der Waals surface area contributed by atoms with Crippen molar-refractivity contribution >= 4 is 48.0 Å². The van der Waals surface area contributed by atoms with Crippen molar-refractivity contribution in [2.75, 3.05) is 0 Å². The average molecular weight is 581 g/mol. The summed E-state index contributed by atoms with van der Waals surface area (Å²) in [5, 5.41) is 2.15. The minimum Gasteiger partial charge on any atom is -0.454 e. The van der Waals surface area contributed by atoms with Crippen molar-refractivity contribution in [3.63, 3.8) is 0 Å². The van der Waals surface area contributed by atoms with Crippen molar-refractivity contribution in [2.45, 2.75) is 141 Å². The molecule has 4 bridgehead atoms. The van der Waals surface area contributed by atoms with Gasteiger partial charge in [-0.2, -0.15) is 0 Å². The lowest BCUT2D eigenvalue weighted by Crippen LogP contribution is -2.88. The van der Waals surface area contributed by atoms with E-state index in [2.05, 4.69) is 108 Å². The Hall–Kier alpha value is 1.00. The fourth-order valence-electron chi connectivity index (χ4n) is 11.1. The van der Waals surface area contributed by atoms with Crippen molar-refractivity contribution in [1.82, 2.24) is 0 Å². The first kappa shape index (κ1) is 29.0. The van der Waals surface area contributed by atoms with Crippen molar-refractivity contribution < 1.29 is 4.12 Å². The highest BCUT2D eigenvalue weighted by molar-refractivity contribution is 7.51. The molecule has 202 valence electrons. The summed E-state index contributed by atoms with van der Waals surface area (Å²) in [7, 11) is -10.3. The Kier molecular flexibility index (Phi) is 6.65. The van der Waals surface area contributed by atoms with E-state index in [0.29, 0.717) is 10.1 Å². The van der Waals surface area contributed by atoms with Crippen LogP contribution in [0.2, 0.25) is 103 Å². The molecule has 0 radical (unpaired) electrons. The second-order valence-electron chi connectivity index (χ2n) is 18.6. The van der Waals surface area contributed by atoms with Crippen LogP contribution in [0, 0.1) is 23.2 Å². The largest absolute Gasteiger partial charge is 0.454 e. The molecule has 1 nitrogen and oxygen atoms in total. The van der Waals surface area contributed by atoms with Gasteiger partial charge < -0.3 is 4.12 Å². The predicted molar refractivity (Wildman–Crippen MR) is 174 cm³/mol. The van der Waals surface area contributed by atoms with Gasteiger partial charge in [0.05, 0.1) is 31.8 Å². The molecule has 1 aliphatic heterocycles. The zero-order valence-electron chi connectivity index (χ0n) is 26.4. The Morgan fingerprint density at radius 3 is 1.29 bits per heavy atom. The summed E-state index contributed by atoms with van der Waals surface area (Å²) in [6.07, 6.45) is 9.36. The monoisotopic (exact) mass is 580 g/mol. The second kappa shape index (κ2) is 8.03. The topological polar surface area (TPSA) is 9.23 Å². The minimum atomic E-state index is -2.18. The van der Waals surface area contributed by atoms with Crippen molar-refractivity contribution in [3.8, 4) is 0 Å². The van der Waals surface area contributed by atoms with Crippen LogP contribution in [-0.2, 0) is 4.12 Å². The van der Waals surface area contributed by atoms with Gasteiger partial charge in [-0.25, -0.2) is 0 Å². The molecule has 5 aliphatic rings. The normalized spacial score (nSPS) is 40.4. The van der Waals surface area contributed by atoms with Gasteiger partial charge in [-0.3, -0.25) is 0 Å². The van der Waals surface area contributed by atoms with E-state index in [-0.39, 0.29) is 0 Å². The van der Waals surface area contributed by atoms with Gasteiger partial charge in [-0.1, -0.05) is 88.6 Å². The van der Waals surface area contributed by atoms with Gasteiger partial charge in [0.15, 0.2) is 16.2 Å². The van der Waals surface area contributed by atoms with E-state index >= 15 is 0 Å². The molecule has 0 spiro atoms. The standard InChI is InChI=1S/C28H60OSi6/c1-30(2,3)25-26(31(4,5)6)35(34(13,14)15,29-33(10,11)12)28(25,32(7,8)9)27-19-22-16-23(20-27)18-24(17-22)21-27/h22-24H,16-21H2,1-15H3. The van der Waals surface area contributed by atoms with Crippen LogP contribution in [0.3, 0.4) is 0 Å². The lowest BCUT2D eigenvalue weighted by atomic mass is 9.48. The van der Waals surface area contributed by atoms with E-state index in [9.17, 15) is 0 Å². The summed E-state index contributed by atoms with van der Waals surface area (Å²) in [5.41, 5.74) is 0.567. The molecule has 4 aliphatic carbocycles. The maximum absolute atomic E-state index is 8.20. The third kappa shape index (κ3) is 3.97. The SMILES string of the molecule is C[Si](C)(C)O[Si]1([Si](C)(C)C)C([Si](C)(C)C)=C([Si](C)(C)C)C1(C12CC3CC(CC(C3)C1)C2)[Si](C)(C)C. The van der Waals surface area contributed by atoms with E-state index in [4.69, 9.17) is 4.12 Å². The maximum Gasteiger partial charge on any atom is 0.196 e. The van der Waals surface area contributed by atoms with Crippen molar-refractivity contribution in [1.29, 1.82) is 0 Å². The molecule has 4 fully saturated rings. The van der Waals surface area contributed by atoms with Crippen molar-refractivity contribution in [2.24, 2.45) is 23.2 Å². The zero-order chi connectivity index (χ0) is 26.8. The average Bonchev–Trinajstić information content (AvgIpc) is 2.50. The van der Waals surface area contributed by atoms with Crippen LogP contribution < -0.4 is 0 Å². The molecule has 4 saturated carbocycles.